The first-order valence-corrected chi connectivity index (χ1v) is 18.5. The minimum Gasteiger partial charge on any atom is -0.455 e. The Morgan fingerprint density at radius 2 is 0.963 bits per heavy atom. The fourth-order valence-electron chi connectivity index (χ4n) is 8.50. The van der Waals surface area contributed by atoms with Crippen LogP contribution in [-0.2, 0) is 0 Å². The predicted octanol–water partition coefficient (Wildman–Crippen LogP) is 15.0. The summed E-state index contributed by atoms with van der Waals surface area (Å²) in [6.07, 6.45) is 0. The lowest BCUT2D eigenvalue weighted by Gasteiger charge is -2.27. The fourth-order valence-corrected chi connectivity index (χ4v) is 8.50. The van der Waals surface area contributed by atoms with Gasteiger partial charge in [-0.2, -0.15) is 0 Å². The van der Waals surface area contributed by atoms with Crippen molar-refractivity contribution in [3.8, 4) is 22.3 Å². The monoisotopic (exact) mass is 687 g/mol. The van der Waals surface area contributed by atoms with E-state index in [2.05, 4.69) is 205 Å². The topological polar surface area (TPSA) is 16.4 Å². The molecule has 0 spiro atoms. The van der Waals surface area contributed by atoms with Crippen molar-refractivity contribution >= 4 is 82.1 Å². The van der Waals surface area contributed by atoms with E-state index in [0.29, 0.717) is 0 Å². The Morgan fingerprint density at radius 3 is 1.76 bits per heavy atom. The predicted molar refractivity (Wildman–Crippen MR) is 229 cm³/mol. The summed E-state index contributed by atoms with van der Waals surface area (Å²) in [5.74, 6) is 0. The lowest BCUT2D eigenvalue weighted by Crippen LogP contribution is -2.10. The molecule has 11 aromatic rings. The van der Waals surface area contributed by atoms with E-state index in [1.807, 2.05) is 0 Å². The van der Waals surface area contributed by atoms with Crippen LogP contribution in [0.25, 0.3) is 87.3 Å². The van der Waals surface area contributed by atoms with Crippen LogP contribution < -0.4 is 4.90 Å². The van der Waals surface area contributed by atoms with E-state index >= 15 is 0 Å². The Hall–Kier alpha value is -7.16. The Morgan fingerprint density at radius 1 is 0.352 bits per heavy atom. The van der Waals surface area contributed by atoms with E-state index < -0.39 is 0 Å². The number of furan rings is 1. The van der Waals surface area contributed by atoms with Gasteiger partial charge in [0.25, 0.3) is 0 Å². The summed E-state index contributed by atoms with van der Waals surface area (Å²) < 4.78 is 7.09. The third kappa shape index (κ3) is 4.81. The molecule has 2 heteroatoms. The van der Waals surface area contributed by atoms with Gasteiger partial charge in [0.1, 0.15) is 11.2 Å². The molecule has 2 nitrogen and oxygen atoms in total. The maximum atomic E-state index is 7.09. The standard InChI is InChI=1S/C52H33NO/c1-2-13-34(14-3-1)36-25-28-40(29-26-36)53(41-30-27-35-15-4-5-16-37(35)31-41)48-23-12-24-49-51(48)47-33-39-18-7-9-20-43(39)50(52(47)54-49)46-32-38-17-6-8-19-42(38)44-21-10-11-22-45(44)46/h1-33H. The molecule has 0 saturated heterocycles. The summed E-state index contributed by atoms with van der Waals surface area (Å²) in [6, 6.07) is 72.2. The highest BCUT2D eigenvalue weighted by Crippen LogP contribution is 2.49. The number of hydrogen-bond acceptors (Lipinski definition) is 2. The van der Waals surface area contributed by atoms with E-state index in [9.17, 15) is 0 Å². The third-order valence-electron chi connectivity index (χ3n) is 11.0. The van der Waals surface area contributed by atoms with Crippen LogP contribution in [0, 0.1) is 0 Å². The lowest BCUT2D eigenvalue weighted by atomic mass is 9.89. The van der Waals surface area contributed by atoms with Gasteiger partial charge in [-0.25, -0.2) is 0 Å². The second-order valence-corrected chi connectivity index (χ2v) is 14.1. The zero-order valence-electron chi connectivity index (χ0n) is 29.4. The number of rotatable bonds is 5. The van der Waals surface area contributed by atoms with E-state index in [1.165, 1.54) is 59.8 Å². The highest BCUT2D eigenvalue weighted by atomic mass is 16.3. The van der Waals surface area contributed by atoms with Crippen molar-refractivity contribution in [3.05, 3.63) is 200 Å². The minimum absolute atomic E-state index is 0.857. The first kappa shape index (κ1) is 30.5. The molecule has 0 aliphatic heterocycles. The molecule has 54 heavy (non-hydrogen) atoms. The number of anilines is 3. The van der Waals surface area contributed by atoms with Crippen LogP contribution in [0.5, 0.6) is 0 Å². The van der Waals surface area contributed by atoms with Gasteiger partial charge in [-0.3, -0.25) is 0 Å². The van der Waals surface area contributed by atoms with Crippen molar-refractivity contribution in [3.63, 3.8) is 0 Å². The van der Waals surface area contributed by atoms with Crippen LogP contribution in [0.2, 0.25) is 0 Å². The van der Waals surface area contributed by atoms with Crippen LogP contribution in [0.1, 0.15) is 0 Å². The number of benzene rings is 10. The molecule has 0 aliphatic carbocycles. The Balaban J connectivity index is 1.21. The van der Waals surface area contributed by atoms with Crippen molar-refractivity contribution in [1.82, 2.24) is 0 Å². The average molecular weight is 688 g/mol. The molecular weight excluding hydrogens is 655 g/mol. The molecule has 0 atom stereocenters. The zero-order chi connectivity index (χ0) is 35.6. The van der Waals surface area contributed by atoms with Crippen molar-refractivity contribution in [2.45, 2.75) is 0 Å². The van der Waals surface area contributed by atoms with Gasteiger partial charge in [0.05, 0.1) is 11.1 Å². The highest BCUT2D eigenvalue weighted by Gasteiger charge is 2.24. The average Bonchev–Trinajstić information content (AvgIpc) is 3.62. The van der Waals surface area contributed by atoms with Crippen LogP contribution in [0.15, 0.2) is 205 Å². The van der Waals surface area contributed by atoms with Gasteiger partial charge in [0, 0.05) is 22.3 Å². The smallest absolute Gasteiger partial charge is 0.143 e. The van der Waals surface area contributed by atoms with Gasteiger partial charge in [-0.1, -0.05) is 152 Å². The third-order valence-corrected chi connectivity index (χ3v) is 11.0. The molecule has 0 aliphatic rings. The Labute approximate surface area is 312 Å². The van der Waals surface area contributed by atoms with Crippen molar-refractivity contribution in [1.29, 1.82) is 0 Å². The zero-order valence-corrected chi connectivity index (χ0v) is 29.4. The summed E-state index contributed by atoms with van der Waals surface area (Å²) >= 11 is 0. The van der Waals surface area contributed by atoms with Gasteiger partial charge < -0.3 is 9.32 Å². The normalized spacial score (nSPS) is 11.7. The first-order chi connectivity index (χ1) is 26.8. The molecule has 11 rings (SSSR count). The molecule has 1 aromatic heterocycles. The maximum absolute atomic E-state index is 7.09. The van der Waals surface area contributed by atoms with Gasteiger partial charge >= 0.3 is 0 Å². The summed E-state index contributed by atoms with van der Waals surface area (Å²) in [4.78, 5) is 2.39. The SMILES string of the molecule is c1ccc(-c2ccc(N(c3ccc4ccccc4c3)c3cccc4oc5c(-c6cc7ccccc7c7ccccc67)c6ccccc6cc5c34)cc2)cc1. The first-order valence-electron chi connectivity index (χ1n) is 18.5. The quantitative estimate of drug-likeness (QED) is 0.168. The molecule has 0 amide bonds. The van der Waals surface area contributed by atoms with Crippen LogP contribution in [0.4, 0.5) is 17.1 Å². The highest BCUT2D eigenvalue weighted by molar-refractivity contribution is 6.25. The number of hydrogen-bond donors (Lipinski definition) is 0. The molecule has 10 aromatic carbocycles. The molecule has 0 saturated carbocycles. The second kappa shape index (κ2) is 12.2. The number of fused-ring (bicyclic) bond motifs is 8. The summed E-state index contributed by atoms with van der Waals surface area (Å²) in [5.41, 5.74) is 9.67. The van der Waals surface area contributed by atoms with E-state index in [-0.39, 0.29) is 0 Å². The Kier molecular flexibility index (Phi) is 6.90. The number of nitrogens with zero attached hydrogens (tertiary/aromatic N) is 1. The van der Waals surface area contributed by atoms with E-state index in [1.54, 1.807) is 0 Å². The van der Waals surface area contributed by atoms with Crippen molar-refractivity contribution < 1.29 is 4.42 Å². The summed E-state index contributed by atoms with van der Waals surface area (Å²) in [7, 11) is 0. The molecule has 0 unspecified atom stereocenters. The van der Waals surface area contributed by atoms with E-state index in [4.69, 9.17) is 4.42 Å². The van der Waals surface area contributed by atoms with Crippen LogP contribution >= 0.6 is 0 Å². The van der Waals surface area contributed by atoms with Gasteiger partial charge in [-0.15, -0.1) is 0 Å². The molecule has 252 valence electrons. The summed E-state index contributed by atoms with van der Waals surface area (Å²) in [5, 5.41) is 11.9. The molecule has 0 fully saturated rings. The molecular formula is C52H33NO. The van der Waals surface area contributed by atoms with Crippen molar-refractivity contribution in [2.75, 3.05) is 4.90 Å². The second-order valence-electron chi connectivity index (χ2n) is 14.1. The van der Waals surface area contributed by atoms with Gasteiger partial charge in [-0.05, 0) is 108 Å². The van der Waals surface area contributed by atoms with Crippen LogP contribution in [-0.4, -0.2) is 0 Å². The van der Waals surface area contributed by atoms with Crippen molar-refractivity contribution in [2.24, 2.45) is 0 Å². The van der Waals surface area contributed by atoms with Gasteiger partial charge in [0.15, 0.2) is 0 Å². The minimum atomic E-state index is 0.857. The summed E-state index contributed by atoms with van der Waals surface area (Å²) in [6.45, 7) is 0. The fraction of sp³-hybridized carbons (Fsp3) is 0. The molecule has 0 radical (unpaired) electrons. The molecule has 0 N–H and O–H groups in total. The largest absolute Gasteiger partial charge is 0.455 e. The lowest BCUT2D eigenvalue weighted by molar-refractivity contribution is 0.670. The molecule has 1 heterocycles. The maximum Gasteiger partial charge on any atom is 0.143 e. The van der Waals surface area contributed by atoms with E-state index in [0.717, 1.165) is 44.6 Å². The van der Waals surface area contributed by atoms with Crippen LogP contribution in [0.3, 0.4) is 0 Å². The van der Waals surface area contributed by atoms with Gasteiger partial charge in [0.2, 0.25) is 0 Å². The Bertz CT molecular complexity index is 3210. The molecule has 0 bridgehead atoms.